The number of nitrogens with zero attached hydrogens (tertiary/aromatic N) is 2. The van der Waals surface area contributed by atoms with Crippen molar-refractivity contribution in [2.75, 3.05) is 13.1 Å². The van der Waals surface area contributed by atoms with Gasteiger partial charge in [-0.15, -0.1) is 0 Å². The molecule has 4 rings (SSSR count). The fraction of sp³-hybridized carbons (Fsp3) is 0.526. The van der Waals surface area contributed by atoms with Gasteiger partial charge in [0.15, 0.2) is 6.30 Å². The summed E-state index contributed by atoms with van der Waals surface area (Å²) in [6.07, 6.45) is 4.05. The standard InChI is InChI=1S/C19H21F4N3O2/c20-17-13-8-12(9-25(13)6-7-26(17)10-19(21,22)23)15-14(16(15)18(27)24-28)11-4-2-1-3-5-11/h1-4,8-9,11,14-17,28H,5-7,10H2,(H,24,27)/t11?,14-,15-,16-,17?/m1/s1. The molecule has 5 atom stereocenters. The Morgan fingerprint density at radius 3 is 2.71 bits per heavy atom. The summed E-state index contributed by atoms with van der Waals surface area (Å²) >= 11 is 0. The number of amides is 1. The molecule has 1 fully saturated rings. The van der Waals surface area contributed by atoms with Gasteiger partial charge in [-0.2, -0.15) is 13.2 Å². The Kier molecular flexibility index (Phi) is 4.83. The van der Waals surface area contributed by atoms with E-state index in [0.29, 0.717) is 0 Å². The molecule has 0 radical (unpaired) electrons. The van der Waals surface area contributed by atoms with E-state index in [0.717, 1.165) is 16.9 Å². The minimum atomic E-state index is -4.46. The van der Waals surface area contributed by atoms with Gasteiger partial charge in [0.2, 0.25) is 5.91 Å². The van der Waals surface area contributed by atoms with E-state index in [-0.39, 0.29) is 36.5 Å². The number of allylic oxidation sites excluding steroid dienone is 4. The Morgan fingerprint density at radius 2 is 2.07 bits per heavy atom. The minimum absolute atomic E-state index is 0.0351. The first-order valence-corrected chi connectivity index (χ1v) is 9.22. The van der Waals surface area contributed by atoms with Crippen molar-refractivity contribution in [3.63, 3.8) is 0 Å². The number of halogens is 4. The van der Waals surface area contributed by atoms with Crippen LogP contribution in [-0.4, -0.2) is 39.8 Å². The van der Waals surface area contributed by atoms with Gasteiger partial charge < -0.3 is 4.57 Å². The molecule has 0 bridgehead atoms. The van der Waals surface area contributed by atoms with Crippen molar-refractivity contribution < 1.29 is 27.6 Å². The molecule has 1 amide bonds. The van der Waals surface area contributed by atoms with Gasteiger partial charge in [0.1, 0.15) is 0 Å². The SMILES string of the molecule is O=C(NO)[C@H]1[C@H](c2cc3n(c2)CCN(CC(F)(F)F)C3F)[C@H]1C1C=CC=CC1. The fourth-order valence-electron chi connectivity index (χ4n) is 4.65. The van der Waals surface area contributed by atoms with Gasteiger partial charge in [-0.1, -0.05) is 24.3 Å². The number of alkyl halides is 4. The normalized spacial score (nSPS) is 32.2. The quantitative estimate of drug-likeness (QED) is 0.354. The van der Waals surface area contributed by atoms with Crippen LogP contribution in [0.15, 0.2) is 36.6 Å². The van der Waals surface area contributed by atoms with E-state index >= 15 is 0 Å². The third-order valence-corrected chi connectivity index (χ3v) is 5.91. The summed E-state index contributed by atoms with van der Waals surface area (Å²) in [5.74, 6) is -1.05. The van der Waals surface area contributed by atoms with E-state index in [4.69, 9.17) is 5.21 Å². The molecule has 1 aromatic heterocycles. The van der Waals surface area contributed by atoms with Crippen molar-refractivity contribution in [2.45, 2.75) is 31.4 Å². The third kappa shape index (κ3) is 3.48. The van der Waals surface area contributed by atoms with Gasteiger partial charge in [-0.05, 0) is 29.9 Å². The lowest BCUT2D eigenvalue weighted by Gasteiger charge is -2.32. The molecule has 0 saturated heterocycles. The second-order valence-corrected chi connectivity index (χ2v) is 7.63. The number of carbonyl (C=O) groups is 1. The topological polar surface area (TPSA) is 57.5 Å². The number of aromatic nitrogens is 1. The van der Waals surface area contributed by atoms with Crippen LogP contribution >= 0.6 is 0 Å². The maximum Gasteiger partial charge on any atom is 0.401 e. The monoisotopic (exact) mass is 399 g/mol. The van der Waals surface area contributed by atoms with Crippen LogP contribution < -0.4 is 5.48 Å². The smallest absolute Gasteiger partial charge is 0.346 e. The minimum Gasteiger partial charge on any atom is -0.346 e. The van der Waals surface area contributed by atoms with Crippen LogP contribution in [0.2, 0.25) is 0 Å². The molecule has 28 heavy (non-hydrogen) atoms. The lowest BCUT2D eigenvalue weighted by atomic mass is 9.93. The lowest BCUT2D eigenvalue weighted by molar-refractivity contribution is -0.162. The number of hydroxylamine groups is 1. The van der Waals surface area contributed by atoms with Crippen LogP contribution in [0.1, 0.15) is 29.9 Å². The first-order chi connectivity index (χ1) is 13.3. The van der Waals surface area contributed by atoms with E-state index < -0.39 is 30.8 Å². The maximum atomic E-state index is 14.7. The zero-order valence-electron chi connectivity index (χ0n) is 14.9. The summed E-state index contributed by atoms with van der Waals surface area (Å²) in [7, 11) is 0. The zero-order valence-corrected chi connectivity index (χ0v) is 14.9. The van der Waals surface area contributed by atoms with E-state index in [1.54, 1.807) is 22.3 Å². The van der Waals surface area contributed by atoms with Crippen molar-refractivity contribution in [1.82, 2.24) is 14.9 Å². The zero-order chi connectivity index (χ0) is 20.1. The second-order valence-electron chi connectivity index (χ2n) is 7.63. The fourth-order valence-corrected chi connectivity index (χ4v) is 4.65. The predicted octanol–water partition coefficient (Wildman–Crippen LogP) is 3.30. The molecule has 1 saturated carbocycles. The van der Waals surface area contributed by atoms with Gasteiger partial charge in [-0.3, -0.25) is 14.9 Å². The summed E-state index contributed by atoms with van der Waals surface area (Å²) in [5.41, 5.74) is 2.61. The third-order valence-electron chi connectivity index (χ3n) is 5.91. The summed E-state index contributed by atoms with van der Waals surface area (Å²) < 4.78 is 54.4. The highest BCUT2D eigenvalue weighted by Gasteiger charge is 2.58. The van der Waals surface area contributed by atoms with Crippen molar-refractivity contribution in [3.8, 4) is 0 Å². The van der Waals surface area contributed by atoms with Crippen molar-refractivity contribution in [3.05, 3.63) is 47.8 Å². The number of hydrogen-bond donors (Lipinski definition) is 2. The number of nitrogens with one attached hydrogen (secondary N) is 1. The Labute approximate surface area is 159 Å². The Morgan fingerprint density at radius 1 is 1.29 bits per heavy atom. The highest BCUT2D eigenvalue weighted by atomic mass is 19.4. The van der Waals surface area contributed by atoms with Crippen molar-refractivity contribution in [2.24, 2.45) is 17.8 Å². The van der Waals surface area contributed by atoms with E-state index in [1.807, 2.05) is 24.3 Å². The maximum absolute atomic E-state index is 14.7. The number of hydrogen-bond acceptors (Lipinski definition) is 3. The molecule has 3 aliphatic rings. The molecule has 2 heterocycles. The summed E-state index contributed by atoms with van der Waals surface area (Å²) in [4.78, 5) is 12.9. The van der Waals surface area contributed by atoms with Crippen molar-refractivity contribution >= 4 is 5.91 Å². The summed E-state index contributed by atoms with van der Waals surface area (Å²) in [5, 5.41) is 9.06. The van der Waals surface area contributed by atoms with Crippen LogP contribution in [0.3, 0.4) is 0 Å². The largest absolute Gasteiger partial charge is 0.401 e. The van der Waals surface area contributed by atoms with Gasteiger partial charge in [-0.25, -0.2) is 9.87 Å². The molecule has 2 unspecified atom stereocenters. The number of fused-ring (bicyclic) bond motifs is 1. The average molecular weight is 399 g/mol. The van der Waals surface area contributed by atoms with E-state index in [1.165, 1.54) is 0 Å². The molecule has 2 N–H and O–H groups in total. The molecule has 1 aromatic rings. The van der Waals surface area contributed by atoms with Gasteiger partial charge in [0.05, 0.1) is 18.2 Å². The summed E-state index contributed by atoms with van der Waals surface area (Å²) in [6.45, 7) is -1.08. The molecule has 0 aromatic carbocycles. The molecule has 2 aliphatic carbocycles. The van der Waals surface area contributed by atoms with Gasteiger partial charge >= 0.3 is 6.18 Å². The van der Waals surface area contributed by atoms with Gasteiger partial charge in [0.25, 0.3) is 0 Å². The number of rotatable bonds is 4. The highest BCUT2D eigenvalue weighted by molar-refractivity contribution is 5.82. The van der Waals surface area contributed by atoms with Crippen LogP contribution in [0.4, 0.5) is 17.6 Å². The van der Waals surface area contributed by atoms with E-state index in [9.17, 15) is 22.4 Å². The first-order valence-electron chi connectivity index (χ1n) is 9.22. The molecule has 1 aliphatic heterocycles. The molecule has 9 heteroatoms. The Bertz CT molecular complexity index is 817. The Balaban J connectivity index is 1.57. The molecule has 5 nitrogen and oxygen atoms in total. The van der Waals surface area contributed by atoms with Crippen molar-refractivity contribution in [1.29, 1.82) is 0 Å². The molecule has 0 spiro atoms. The highest BCUT2D eigenvalue weighted by Crippen LogP contribution is 2.59. The summed E-state index contributed by atoms with van der Waals surface area (Å²) in [6, 6.07) is 1.57. The predicted molar refractivity (Wildman–Crippen MR) is 91.9 cm³/mol. The average Bonchev–Trinajstić information content (AvgIpc) is 3.26. The first kappa shape index (κ1) is 19.2. The van der Waals surface area contributed by atoms with E-state index in [2.05, 4.69) is 0 Å². The van der Waals surface area contributed by atoms with Crippen LogP contribution in [-0.2, 0) is 11.3 Å². The second kappa shape index (κ2) is 7.04. The molecular weight excluding hydrogens is 378 g/mol. The van der Waals surface area contributed by atoms with Crippen LogP contribution in [0.5, 0.6) is 0 Å². The van der Waals surface area contributed by atoms with Crippen LogP contribution in [0.25, 0.3) is 0 Å². The number of carbonyl (C=O) groups excluding carboxylic acids is 1. The van der Waals surface area contributed by atoms with Gasteiger partial charge in [0, 0.05) is 25.2 Å². The van der Waals surface area contributed by atoms with Crippen LogP contribution in [0, 0.1) is 17.8 Å². The Hall–Kier alpha value is -2.13. The lowest BCUT2D eigenvalue weighted by Crippen LogP contribution is -2.41. The molecular formula is C19H21F4N3O2. The molecule has 152 valence electrons.